The fraction of sp³-hybridized carbons (Fsp3) is 0.0870. The minimum atomic E-state index is -2.37. The van der Waals surface area contributed by atoms with E-state index in [4.69, 9.17) is 11.6 Å². The van der Waals surface area contributed by atoms with Gasteiger partial charge in [0.1, 0.15) is 0 Å². The molecule has 1 amide bonds. The van der Waals surface area contributed by atoms with Gasteiger partial charge in [0.05, 0.1) is 34.0 Å². The highest BCUT2D eigenvalue weighted by atomic mass is 35.5. The first kappa shape index (κ1) is 22.5. The molecule has 0 aliphatic heterocycles. The number of aromatic amines is 1. The van der Waals surface area contributed by atoms with Crippen molar-refractivity contribution in [2.45, 2.75) is 0 Å². The summed E-state index contributed by atoms with van der Waals surface area (Å²) in [7, 11) is -2.37. The molecular weight excluding hydrogens is 460 g/mol. The van der Waals surface area contributed by atoms with Crippen LogP contribution in [0.3, 0.4) is 0 Å². The van der Waals surface area contributed by atoms with Gasteiger partial charge in [0.2, 0.25) is 11.9 Å². The van der Waals surface area contributed by atoms with E-state index >= 15 is 0 Å². The Labute approximate surface area is 196 Å². The molecule has 10 heteroatoms. The number of hydrogen-bond donors (Lipinski definition) is 3. The molecule has 0 fully saturated rings. The van der Waals surface area contributed by atoms with Crippen LogP contribution in [0, 0.1) is 0 Å². The number of benzene rings is 2. The molecule has 0 unspecified atom stereocenters. The van der Waals surface area contributed by atoms with Gasteiger partial charge in [-0.3, -0.25) is 4.79 Å². The molecule has 0 radical (unpaired) electrons. The van der Waals surface area contributed by atoms with E-state index in [2.05, 4.69) is 36.5 Å². The first-order chi connectivity index (χ1) is 15.7. The van der Waals surface area contributed by atoms with Gasteiger partial charge in [0, 0.05) is 44.9 Å². The molecule has 168 valence electrons. The molecule has 0 aliphatic rings. The van der Waals surface area contributed by atoms with Crippen molar-refractivity contribution in [3.05, 3.63) is 72.5 Å². The van der Waals surface area contributed by atoms with E-state index in [-0.39, 0.29) is 5.95 Å². The topological polar surface area (TPSA) is 112 Å². The number of fused-ring (bicyclic) bond motifs is 1. The van der Waals surface area contributed by atoms with Crippen molar-refractivity contribution < 1.29 is 9.00 Å². The van der Waals surface area contributed by atoms with Gasteiger partial charge >= 0.3 is 0 Å². The average Bonchev–Trinajstić information content (AvgIpc) is 3.19. The molecule has 0 spiro atoms. The number of carbonyl (C=O) groups is 1. The van der Waals surface area contributed by atoms with Gasteiger partial charge in [-0.25, -0.2) is 14.2 Å². The Kier molecular flexibility index (Phi) is 6.17. The fourth-order valence-electron chi connectivity index (χ4n) is 3.24. The van der Waals surface area contributed by atoms with E-state index < -0.39 is 15.6 Å². The first-order valence-corrected chi connectivity index (χ1v) is 12.5. The fourth-order valence-corrected chi connectivity index (χ4v) is 4.06. The summed E-state index contributed by atoms with van der Waals surface area (Å²) in [4.78, 5) is 24.1. The summed E-state index contributed by atoms with van der Waals surface area (Å²) in [5.74, 6) is -0.117. The van der Waals surface area contributed by atoms with Crippen LogP contribution < -0.4 is 10.6 Å². The van der Waals surface area contributed by atoms with E-state index in [1.54, 1.807) is 18.2 Å². The molecule has 3 N–H and O–H groups in total. The van der Waals surface area contributed by atoms with Gasteiger partial charge in [-0.1, -0.05) is 36.4 Å². The standard InChI is InChI=1S/C23H21ClN6O2S/c1-4-21(31)27-20-11-14(30-33(2,3)32)9-10-19(20)28-23-26-13-17(24)22(29-23)16-12-25-18-8-6-5-7-15(16)18/h4-13,25H,1H2,2-3H3,(H,27,31)(H,26,28,29). The first-order valence-electron chi connectivity index (χ1n) is 9.84. The summed E-state index contributed by atoms with van der Waals surface area (Å²) in [6, 6.07) is 12.9. The van der Waals surface area contributed by atoms with Crippen LogP contribution in [0.4, 0.5) is 23.0 Å². The maximum Gasteiger partial charge on any atom is 0.247 e. The number of hydrogen-bond acceptors (Lipinski definition) is 6. The van der Waals surface area contributed by atoms with E-state index in [1.807, 2.05) is 30.5 Å². The van der Waals surface area contributed by atoms with Crippen LogP contribution in [-0.4, -0.2) is 37.6 Å². The second-order valence-electron chi connectivity index (χ2n) is 7.46. The van der Waals surface area contributed by atoms with Crippen molar-refractivity contribution >= 4 is 61.2 Å². The van der Waals surface area contributed by atoms with E-state index in [0.717, 1.165) is 22.5 Å². The minimum Gasteiger partial charge on any atom is -0.360 e. The summed E-state index contributed by atoms with van der Waals surface area (Å²) in [5.41, 5.74) is 3.77. The summed E-state index contributed by atoms with van der Waals surface area (Å²) < 4.78 is 16.3. The number of rotatable bonds is 6. The molecule has 33 heavy (non-hydrogen) atoms. The monoisotopic (exact) mass is 480 g/mol. The Bertz CT molecular complexity index is 1500. The molecule has 0 atom stereocenters. The number of anilines is 3. The highest BCUT2D eigenvalue weighted by molar-refractivity contribution is 7.92. The van der Waals surface area contributed by atoms with Crippen LogP contribution in [0.5, 0.6) is 0 Å². The second-order valence-corrected chi connectivity index (χ2v) is 10.4. The maximum absolute atomic E-state index is 12.1. The van der Waals surface area contributed by atoms with Crippen LogP contribution >= 0.6 is 11.6 Å². The summed E-state index contributed by atoms with van der Waals surface area (Å²) in [6.07, 6.45) is 7.60. The van der Waals surface area contributed by atoms with Crippen molar-refractivity contribution in [3.63, 3.8) is 0 Å². The average molecular weight is 481 g/mol. The predicted octanol–water partition coefficient (Wildman–Crippen LogP) is 5.51. The van der Waals surface area contributed by atoms with Gasteiger partial charge in [0.25, 0.3) is 0 Å². The number of halogens is 1. The number of H-pyrrole nitrogens is 1. The van der Waals surface area contributed by atoms with Gasteiger partial charge in [-0.05, 0) is 30.3 Å². The third kappa shape index (κ3) is 5.21. The molecule has 2 heterocycles. The van der Waals surface area contributed by atoms with Gasteiger partial charge in [0.15, 0.2) is 0 Å². The van der Waals surface area contributed by atoms with Gasteiger partial charge in [-0.15, -0.1) is 0 Å². The lowest BCUT2D eigenvalue weighted by Crippen LogP contribution is -2.10. The molecule has 4 aromatic rings. The highest BCUT2D eigenvalue weighted by Crippen LogP contribution is 2.34. The van der Waals surface area contributed by atoms with Gasteiger partial charge < -0.3 is 15.6 Å². The summed E-state index contributed by atoms with van der Waals surface area (Å²) >= 11 is 6.42. The van der Waals surface area contributed by atoms with Crippen molar-refractivity contribution in [2.24, 2.45) is 4.36 Å². The zero-order chi connectivity index (χ0) is 23.6. The summed E-state index contributed by atoms with van der Waals surface area (Å²) in [6.45, 7) is 3.48. The second kappa shape index (κ2) is 9.05. The van der Waals surface area contributed by atoms with E-state index in [9.17, 15) is 9.00 Å². The third-order valence-electron chi connectivity index (χ3n) is 4.61. The van der Waals surface area contributed by atoms with Crippen molar-refractivity contribution in [2.75, 3.05) is 23.1 Å². The van der Waals surface area contributed by atoms with E-state index in [1.165, 1.54) is 18.7 Å². The summed E-state index contributed by atoms with van der Waals surface area (Å²) in [5, 5.41) is 7.23. The normalized spacial score (nSPS) is 11.2. The molecule has 0 saturated carbocycles. The molecule has 8 nitrogen and oxygen atoms in total. The SMILES string of the molecule is C=CC(=O)Nc1cc(N=S(C)(C)=O)ccc1Nc1ncc(Cl)c(-c2c[nH]c3ccccc23)n1. The molecule has 4 rings (SSSR count). The zero-order valence-electron chi connectivity index (χ0n) is 17.9. The predicted molar refractivity (Wildman–Crippen MR) is 135 cm³/mol. The maximum atomic E-state index is 12.1. The number of nitrogens with one attached hydrogen (secondary N) is 3. The molecular formula is C23H21ClN6O2S. The molecule has 2 aromatic heterocycles. The number of nitrogens with zero attached hydrogens (tertiary/aromatic N) is 3. The quantitative estimate of drug-likeness (QED) is 0.315. The Morgan fingerprint density at radius 2 is 2.00 bits per heavy atom. The van der Waals surface area contributed by atoms with Crippen LogP contribution in [0.2, 0.25) is 5.02 Å². The number of amides is 1. The Morgan fingerprint density at radius 1 is 1.21 bits per heavy atom. The molecule has 0 bridgehead atoms. The molecule has 0 aliphatic carbocycles. The number of aromatic nitrogens is 3. The minimum absolute atomic E-state index is 0.285. The molecule has 0 saturated heterocycles. The smallest absolute Gasteiger partial charge is 0.247 e. The van der Waals surface area contributed by atoms with Gasteiger partial charge in [-0.2, -0.15) is 4.36 Å². The lowest BCUT2D eigenvalue weighted by molar-refractivity contribution is -0.111. The van der Waals surface area contributed by atoms with Crippen LogP contribution in [0.1, 0.15) is 0 Å². The molecule has 2 aromatic carbocycles. The van der Waals surface area contributed by atoms with E-state index in [0.29, 0.717) is 27.8 Å². The van der Waals surface area contributed by atoms with Crippen molar-refractivity contribution in [1.82, 2.24) is 15.0 Å². The number of carbonyl (C=O) groups excluding carboxylic acids is 1. The van der Waals surface area contributed by atoms with Crippen LogP contribution in [0.25, 0.3) is 22.2 Å². The Balaban J connectivity index is 1.74. The van der Waals surface area contributed by atoms with Crippen molar-refractivity contribution in [3.8, 4) is 11.3 Å². The van der Waals surface area contributed by atoms with Crippen LogP contribution in [-0.2, 0) is 14.5 Å². The highest BCUT2D eigenvalue weighted by Gasteiger charge is 2.14. The number of para-hydroxylation sites is 1. The van der Waals surface area contributed by atoms with Crippen molar-refractivity contribution in [1.29, 1.82) is 0 Å². The Hall–Kier alpha value is -3.69. The zero-order valence-corrected chi connectivity index (χ0v) is 19.5. The lowest BCUT2D eigenvalue weighted by Gasteiger charge is -2.13. The lowest BCUT2D eigenvalue weighted by atomic mass is 10.1. The van der Waals surface area contributed by atoms with Crippen LogP contribution in [0.15, 0.2) is 71.9 Å². The largest absolute Gasteiger partial charge is 0.360 e. The third-order valence-corrected chi connectivity index (χ3v) is 5.53. The Morgan fingerprint density at radius 3 is 2.76 bits per heavy atom.